The van der Waals surface area contributed by atoms with Crippen LogP contribution in [0.1, 0.15) is 5.69 Å². The first-order valence-corrected chi connectivity index (χ1v) is 8.87. The molecule has 3 amide bonds. The third-order valence-electron chi connectivity index (χ3n) is 3.62. The van der Waals surface area contributed by atoms with Gasteiger partial charge < -0.3 is 15.4 Å². The van der Waals surface area contributed by atoms with Crippen molar-refractivity contribution in [2.24, 2.45) is 10.9 Å². The van der Waals surface area contributed by atoms with Crippen LogP contribution in [0.5, 0.6) is 5.75 Å². The van der Waals surface area contributed by atoms with Gasteiger partial charge in [0.2, 0.25) is 11.8 Å². The molecule has 1 aromatic heterocycles. The number of methoxy groups -OCH3 is 1. The fraction of sp³-hybridized carbons (Fsp3) is 0.167. The summed E-state index contributed by atoms with van der Waals surface area (Å²) < 4.78 is 5.20. The van der Waals surface area contributed by atoms with Crippen molar-refractivity contribution in [2.45, 2.75) is 6.42 Å². The summed E-state index contributed by atoms with van der Waals surface area (Å²) >= 11 is 1.22. The first kappa shape index (κ1) is 18.5. The van der Waals surface area contributed by atoms with Gasteiger partial charge in [0.05, 0.1) is 30.8 Å². The number of aromatic nitrogens is 1. The van der Waals surface area contributed by atoms with Gasteiger partial charge in [0.25, 0.3) is 5.91 Å². The molecule has 1 aromatic carbocycles. The topological polar surface area (TPSA) is 110 Å². The molecule has 1 unspecified atom stereocenters. The van der Waals surface area contributed by atoms with Gasteiger partial charge in [-0.25, -0.2) is 9.98 Å². The fourth-order valence-electron chi connectivity index (χ4n) is 2.33. The van der Waals surface area contributed by atoms with E-state index in [4.69, 9.17) is 4.74 Å². The Morgan fingerprint density at radius 2 is 2.07 bits per heavy atom. The number of aliphatic imine (C=N–C) groups is 1. The molecule has 0 fully saturated rings. The molecule has 2 heterocycles. The standard InChI is InChI=1S/C18H16N4O4S/c1-26-14-5-3-2-4-13(14)21-16(24)8-12-10-27-18(20-12)22-17(25)11-6-7-15(23)19-9-11/h2-7,9-11H,8H2,1H3,(H,21,24)(H,20,22,25). The van der Waals surface area contributed by atoms with Gasteiger partial charge in [-0.2, -0.15) is 0 Å². The van der Waals surface area contributed by atoms with Gasteiger partial charge in [-0.15, -0.1) is 11.3 Å². The highest BCUT2D eigenvalue weighted by Gasteiger charge is 2.18. The second-order valence-electron chi connectivity index (χ2n) is 5.56. The molecule has 0 bridgehead atoms. The predicted octanol–water partition coefficient (Wildman–Crippen LogP) is 2.05. The molecule has 2 aromatic rings. The van der Waals surface area contributed by atoms with Crippen LogP contribution < -0.4 is 15.4 Å². The third-order valence-corrected chi connectivity index (χ3v) is 4.42. The monoisotopic (exact) mass is 384 g/mol. The van der Waals surface area contributed by atoms with Gasteiger partial charge in [-0.3, -0.25) is 14.4 Å². The number of amides is 3. The molecule has 0 aliphatic carbocycles. The molecular weight excluding hydrogens is 368 g/mol. The minimum absolute atomic E-state index is 0.0592. The lowest BCUT2D eigenvalue weighted by molar-refractivity contribution is -0.117. The normalized spacial score (nSPS) is 15.4. The van der Waals surface area contributed by atoms with E-state index >= 15 is 0 Å². The number of hydrogen-bond donors (Lipinski definition) is 2. The summed E-state index contributed by atoms with van der Waals surface area (Å²) in [6.45, 7) is 0. The lowest BCUT2D eigenvalue weighted by Gasteiger charge is -2.09. The van der Waals surface area contributed by atoms with Crippen LogP contribution in [0.3, 0.4) is 0 Å². The molecule has 0 saturated heterocycles. The molecule has 27 heavy (non-hydrogen) atoms. The van der Waals surface area contributed by atoms with Crippen molar-refractivity contribution < 1.29 is 19.1 Å². The number of thiazole rings is 1. The lowest BCUT2D eigenvalue weighted by atomic mass is 10.1. The zero-order valence-corrected chi connectivity index (χ0v) is 15.2. The fourth-order valence-corrected chi connectivity index (χ4v) is 3.04. The van der Waals surface area contributed by atoms with E-state index in [0.29, 0.717) is 22.3 Å². The van der Waals surface area contributed by atoms with E-state index in [9.17, 15) is 14.4 Å². The molecule has 8 nitrogen and oxygen atoms in total. The van der Waals surface area contributed by atoms with Crippen LogP contribution in [-0.2, 0) is 20.8 Å². The highest BCUT2D eigenvalue weighted by molar-refractivity contribution is 7.14. The second-order valence-corrected chi connectivity index (χ2v) is 6.42. The Hall–Kier alpha value is -3.33. The van der Waals surface area contributed by atoms with Gasteiger partial charge in [0.15, 0.2) is 5.13 Å². The predicted molar refractivity (Wildman–Crippen MR) is 102 cm³/mol. The van der Waals surface area contributed by atoms with Crippen LogP contribution in [0.2, 0.25) is 0 Å². The van der Waals surface area contributed by atoms with Crippen molar-refractivity contribution in [2.75, 3.05) is 17.7 Å². The van der Waals surface area contributed by atoms with Gasteiger partial charge in [0, 0.05) is 17.7 Å². The van der Waals surface area contributed by atoms with Gasteiger partial charge >= 0.3 is 0 Å². The summed E-state index contributed by atoms with van der Waals surface area (Å²) in [5, 5.41) is 7.50. The Labute approximate surface area is 159 Å². The second kappa shape index (κ2) is 8.37. The van der Waals surface area contributed by atoms with Gasteiger partial charge in [0.1, 0.15) is 5.75 Å². The molecule has 1 aliphatic heterocycles. The maximum atomic E-state index is 12.2. The van der Waals surface area contributed by atoms with E-state index in [1.807, 2.05) is 6.07 Å². The van der Waals surface area contributed by atoms with Crippen molar-refractivity contribution in [1.29, 1.82) is 0 Å². The molecule has 0 spiro atoms. The minimum Gasteiger partial charge on any atom is -0.495 e. The number of anilines is 2. The quantitative estimate of drug-likeness (QED) is 0.792. The van der Waals surface area contributed by atoms with Crippen molar-refractivity contribution in [3.05, 3.63) is 47.5 Å². The van der Waals surface area contributed by atoms with Gasteiger partial charge in [-0.1, -0.05) is 18.2 Å². The Kier molecular flexibility index (Phi) is 5.72. The highest BCUT2D eigenvalue weighted by atomic mass is 32.1. The average molecular weight is 384 g/mol. The molecule has 138 valence electrons. The van der Waals surface area contributed by atoms with E-state index in [-0.39, 0.29) is 18.2 Å². The Bertz CT molecular complexity index is 919. The number of rotatable bonds is 6. The first-order valence-electron chi connectivity index (χ1n) is 7.99. The summed E-state index contributed by atoms with van der Waals surface area (Å²) in [6.07, 6.45) is 4.07. The minimum atomic E-state index is -0.621. The molecular formula is C18H16N4O4S. The highest BCUT2D eigenvalue weighted by Crippen LogP contribution is 2.23. The average Bonchev–Trinajstić information content (AvgIpc) is 3.09. The zero-order chi connectivity index (χ0) is 19.2. The van der Waals surface area contributed by atoms with E-state index < -0.39 is 11.8 Å². The number of nitrogens with one attached hydrogen (secondary N) is 2. The van der Waals surface area contributed by atoms with Crippen LogP contribution in [-0.4, -0.2) is 36.0 Å². The zero-order valence-electron chi connectivity index (χ0n) is 14.3. The third kappa shape index (κ3) is 4.85. The summed E-state index contributed by atoms with van der Waals surface area (Å²) in [5.74, 6) is -1.04. The number of benzene rings is 1. The maximum Gasteiger partial charge on any atom is 0.269 e. The Balaban J connectivity index is 1.57. The number of hydrogen-bond acceptors (Lipinski definition) is 6. The summed E-state index contributed by atoms with van der Waals surface area (Å²) in [7, 11) is 1.53. The maximum absolute atomic E-state index is 12.2. The Morgan fingerprint density at radius 1 is 1.26 bits per heavy atom. The molecule has 0 radical (unpaired) electrons. The summed E-state index contributed by atoms with van der Waals surface area (Å²) in [6, 6.07) is 7.10. The summed E-state index contributed by atoms with van der Waals surface area (Å²) in [4.78, 5) is 43.2. The number of ether oxygens (including phenoxy) is 1. The smallest absolute Gasteiger partial charge is 0.269 e. The number of carbonyl (C=O) groups excluding carboxylic acids is 3. The lowest BCUT2D eigenvalue weighted by Crippen LogP contribution is -2.24. The van der Waals surface area contributed by atoms with Gasteiger partial charge in [-0.05, 0) is 12.1 Å². The molecule has 1 atom stereocenters. The van der Waals surface area contributed by atoms with Crippen molar-refractivity contribution in [3.8, 4) is 5.75 Å². The van der Waals surface area contributed by atoms with Crippen LogP contribution >= 0.6 is 11.3 Å². The van der Waals surface area contributed by atoms with E-state index in [1.54, 1.807) is 23.6 Å². The van der Waals surface area contributed by atoms with Crippen LogP contribution in [0, 0.1) is 5.92 Å². The van der Waals surface area contributed by atoms with Crippen LogP contribution in [0.15, 0.2) is 46.8 Å². The van der Waals surface area contributed by atoms with E-state index in [1.165, 1.54) is 36.8 Å². The number of dihydropyridines is 1. The first-order chi connectivity index (χ1) is 13.0. The molecule has 1 aliphatic rings. The Morgan fingerprint density at radius 3 is 2.81 bits per heavy atom. The largest absolute Gasteiger partial charge is 0.495 e. The number of nitrogens with zero attached hydrogens (tertiary/aromatic N) is 2. The van der Waals surface area contributed by atoms with Crippen LogP contribution in [0.25, 0.3) is 0 Å². The number of carbonyl (C=O) groups is 3. The number of para-hydroxylation sites is 2. The molecule has 0 saturated carbocycles. The SMILES string of the molecule is COc1ccccc1NC(=O)Cc1csc(NC(=O)C2C=CC(=O)N=C2)n1. The van der Waals surface area contributed by atoms with Crippen molar-refractivity contribution in [3.63, 3.8) is 0 Å². The van der Waals surface area contributed by atoms with Crippen LogP contribution in [0.4, 0.5) is 10.8 Å². The molecule has 2 N–H and O–H groups in total. The van der Waals surface area contributed by atoms with E-state index in [2.05, 4.69) is 20.6 Å². The van der Waals surface area contributed by atoms with Crippen molar-refractivity contribution >= 4 is 46.1 Å². The van der Waals surface area contributed by atoms with E-state index in [0.717, 1.165) is 0 Å². The molecule has 3 rings (SSSR count). The molecule has 9 heteroatoms. The van der Waals surface area contributed by atoms with Crippen molar-refractivity contribution in [1.82, 2.24) is 4.98 Å². The summed E-state index contributed by atoms with van der Waals surface area (Å²) in [5.41, 5.74) is 1.11.